The highest BCUT2D eigenvalue weighted by Gasteiger charge is 2.42. The lowest BCUT2D eigenvalue weighted by atomic mass is 9.95. The minimum absolute atomic E-state index is 0.125. The second-order valence-electron chi connectivity index (χ2n) is 7.64. The van der Waals surface area contributed by atoms with Crippen LogP contribution in [0, 0.1) is 0 Å². The number of carbonyl (C=O) groups is 1. The van der Waals surface area contributed by atoms with Gasteiger partial charge >= 0.3 is 0 Å². The lowest BCUT2D eigenvalue weighted by Gasteiger charge is -2.26. The number of halogens is 1. The van der Waals surface area contributed by atoms with Gasteiger partial charge in [-0.3, -0.25) is 9.89 Å². The Balaban J connectivity index is 1.61. The SMILES string of the molecule is COc1ccc(-c2n[nH]c3c2C(c2ccc(O)cc2)N(Cc2ccc(Cl)cc2)C3=O)cc1. The molecule has 7 heteroatoms. The molecule has 0 spiro atoms. The van der Waals surface area contributed by atoms with E-state index in [1.165, 1.54) is 0 Å². The van der Waals surface area contributed by atoms with E-state index < -0.39 is 0 Å². The van der Waals surface area contributed by atoms with Crippen LogP contribution in [0.5, 0.6) is 11.5 Å². The maximum absolute atomic E-state index is 13.4. The van der Waals surface area contributed by atoms with Gasteiger partial charge < -0.3 is 14.7 Å². The van der Waals surface area contributed by atoms with Gasteiger partial charge in [0, 0.05) is 22.7 Å². The van der Waals surface area contributed by atoms with E-state index in [1.54, 1.807) is 19.2 Å². The standard InChI is InChI=1S/C25H20ClN3O3/c1-32-20-12-6-16(7-13-20)22-21-23(28-27-22)25(31)29(14-15-2-8-18(26)9-3-15)24(21)17-4-10-19(30)11-5-17/h2-13,24,30H,14H2,1H3,(H,27,28). The number of aromatic hydroxyl groups is 1. The van der Waals surface area contributed by atoms with Gasteiger partial charge in [0.25, 0.3) is 5.91 Å². The molecule has 32 heavy (non-hydrogen) atoms. The van der Waals surface area contributed by atoms with Gasteiger partial charge in [-0.1, -0.05) is 35.9 Å². The van der Waals surface area contributed by atoms with Gasteiger partial charge in [0.1, 0.15) is 17.2 Å². The first-order valence-electron chi connectivity index (χ1n) is 10.1. The van der Waals surface area contributed by atoms with E-state index in [-0.39, 0.29) is 17.7 Å². The topological polar surface area (TPSA) is 78.5 Å². The number of phenols is 1. The molecular weight excluding hydrogens is 426 g/mol. The molecule has 0 bridgehead atoms. The summed E-state index contributed by atoms with van der Waals surface area (Å²) < 4.78 is 5.27. The monoisotopic (exact) mass is 445 g/mol. The molecule has 1 atom stereocenters. The lowest BCUT2D eigenvalue weighted by Crippen LogP contribution is -2.29. The smallest absolute Gasteiger partial charge is 0.273 e. The number of carbonyl (C=O) groups excluding carboxylic acids is 1. The van der Waals surface area contributed by atoms with Gasteiger partial charge in [0.2, 0.25) is 0 Å². The van der Waals surface area contributed by atoms with Crippen LogP contribution >= 0.6 is 11.6 Å². The molecule has 1 unspecified atom stereocenters. The molecule has 1 aliphatic rings. The van der Waals surface area contributed by atoms with E-state index in [4.69, 9.17) is 16.3 Å². The lowest BCUT2D eigenvalue weighted by molar-refractivity contribution is 0.0730. The predicted octanol–water partition coefficient (Wildman–Crippen LogP) is 5.19. The highest BCUT2D eigenvalue weighted by atomic mass is 35.5. The minimum Gasteiger partial charge on any atom is -0.508 e. The summed E-state index contributed by atoms with van der Waals surface area (Å²) in [6, 6.07) is 21.6. The second-order valence-corrected chi connectivity index (χ2v) is 8.08. The molecule has 0 radical (unpaired) electrons. The number of rotatable bonds is 5. The van der Waals surface area contributed by atoms with Crippen molar-refractivity contribution in [2.45, 2.75) is 12.6 Å². The molecule has 0 fully saturated rings. The number of nitrogens with zero attached hydrogens (tertiary/aromatic N) is 2. The summed E-state index contributed by atoms with van der Waals surface area (Å²) >= 11 is 6.04. The largest absolute Gasteiger partial charge is 0.508 e. The van der Waals surface area contributed by atoms with Gasteiger partial charge in [-0.05, 0) is 59.7 Å². The van der Waals surface area contributed by atoms with Crippen LogP contribution in [0.3, 0.4) is 0 Å². The normalized spacial score (nSPS) is 15.1. The van der Waals surface area contributed by atoms with Crippen molar-refractivity contribution < 1.29 is 14.6 Å². The molecule has 3 aromatic carbocycles. The number of hydrogen-bond donors (Lipinski definition) is 2. The molecule has 2 heterocycles. The van der Waals surface area contributed by atoms with Crippen molar-refractivity contribution in [1.29, 1.82) is 0 Å². The third kappa shape index (κ3) is 3.48. The number of aromatic amines is 1. The highest BCUT2D eigenvalue weighted by molar-refractivity contribution is 6.30. The Hall–Kier alpha value is -3.77. The number of fused-ring (bicyclic) bond motifs is 1. The van der Waals surface area contributed by atoms with E-state index in [1.807, 2.05) is 65.6 Å². The van der Waals surface area contributed by atoms with E-state index in [0.29, 0.717) is 23.0 Å². The quantitative estimate of drug-likeness (QED) is 0.443. The van der Waals surface area contributed by atoms with Crippen molar-refractivity contribution in [3.05, 3.63) is 100 Å². The first-order chi connectivity index (χ1) is 15.5. The molecule has 4 aromatic rings. The van der Waals surface area contributed by atoms with E-state index in [0.717, 1.165) is 28.0 Å². The molecule has 0 aliphatic carbocycles. The first kappa shape index (κ1) is 20.2. The van der Waals surface area contributed by atoms with Crippen LogP contribution in [0.15, 0.2) is 72.8 Å². The molecule has 0 saturated carbocycles. The number of nitrogens with one attached hydrogen (secondary N) is 1. The van der Waals surface area contributed by atoms with Gasteiger partial charge in [0.05, 0.1) is 18.8 Å². The van der Waals surface area contributed by atoms with Crippen LogP contribution in [0.2, 0.25) is 5.02 Å². The molecule has 1 aromatic heterocycles. The second kappa shape index (κ2) is 8.05. The summed E-state index contributed by atoms with van der Waals surface area (Å²) in [6.07, 6.45) is 0. The van der Waals surface area contributed by atoms with Crippen LogP contribution in [-0.4, -0.2) is 33.2 Å². The molecule has 6 nitrogen and oxygen atoms in total. The van der Waals surface area contributed by atoms with Crippen molar-refractivity contribution in [1.82, 2.24) is 15.1 Å². The van der Waals surface area contributed by atoms with Crippen molar-refractivity contribution in [3.63, 3.8) is 0 Å². The Labute approximate surface area is 190 Å². The number of amides is 1. The Kier molecular flexibility index (Phi) is 5.07. The van der Waals surface area contributed by atoms with Crippen molar-refractivity contribution in [2.24, 2.45) is 0 Å². The van der Waals surface area contributed by atoms with E-state index in [9.17, 15) is 9.90 Å². The Bertz CT molecular complexity index is 1270. The van der Waals surface area contributed by atoms with Crippen molar-refractivity contribution >= 4 is 17.5 Å². The molecule has 1 aliphatic heterocycles. The zero-order valence-electron chi connectivity index (χ0n) is 17.2. The Morgan fingerprint density at radius 1 is 1.03 bits per heavy atom. The number of H-pyrrole nitrogens is 1. The van der Waals surface area contributed by atoms with Crippen LogP contribution < -0.4 is 4.74 Å². The number of methoxy groups -OCH3 is 1. The molecule has 5 rings (SSSR count). The maximum Gasteiger partial charge on any atom is 0.273 e. The van der Waals surface area contributed by atoms with Gasteiger partial charge in [0.15, 0.2) is 0 Å². The number of hydrogen-bond acceptors (Lipinski definition) is 4. The summed E-state index contributed by atoms with van der Waals surface area (Å²) in [7, 11) is 1.62. The van der Waals surface area contributed by atoms with E-state index >= 15 is 0 Å². The first-order valence-corrected chi connectivity index (χ1v) is 10.5. The summed E-state index contributed by atoms with van der Waals surface area (Å²) in [5.74, 6) is 0.793. The Morgan fingerprint density at radius 3 is 2.38 bits per heavy atom. The van der Waals surface area contributed by atoms with Gasteiger partial charge in [-0.15, -0.1) is 0 Å². The van der Waals surface area contributed by atoms with Crippen LogP contribution in [0.1, 0.15) is 33.2 Å². The minimum atomic E-state index is -0.357. The molecule has 0 saturated heterocycles. The Morgan fingerprint density at radius 2 is 1.72 bits per heavy atom. The highest BCUT2D eigenvalue weighted by Crippen LogP contribution is 2.43. The average Bonchev–Trinajstić information content (AvgIpc) is 3.35. The molecular formula is C25H20ClN3O3. The summed E-state index contributed by atoms with van der Waals surface area (Å²) in [6.45, 7) is 0.409. The average molecular weight is 446 g/mol. The van der Waals surface area contributed by atoms with Gasteiger partial charge in [-0.2, -0.15) is 5.10 Å². The number of phenolic OH excluding ortho intramolecular Hbond substituents is 1. The predicted molar refractivity (Wildman–Crippen MR) is 122 cm³/mol. The van der Waals surface area contributed by atoms with Crippen molar-refractivity contribution in [2.75, 3.05) is 7.11 Å². The summed E-state index contributed by atoms with van der Waals surface area (Å²) in [5.41, 5.74) is 4.75. The van der Waals surface area contributed by atoms with Crippen LogP contribution in [0.25, 0.3) is 11.3 Å². The van der Waals surface area contributed by atoms with Gasteiger partial charge in [-0.25, -0.2) is 0 Å². The van der Waals surface area contributed by atoms with E-state index in [2.05, 4.69) is 10.2 Å². The zero-order chi connectivity index (χ0) is 22.2. The third-order valence-corrected chi connectivity index (χ3v) is 5.95. The maximum atomic E-state index is 13.4. The summed E-state index contributed by atoms with van der Waals surface area (Å²) in [5, 5.41) is 17.9. The van der Waals surface area contributed by atoms with Crippen LogP contribution in [-0.2, 0) is 6.54 Å². The van der Waals surface area contributed by atoms with Crippen LogP contribution in [0.4, 0.5) is 0 Å². The number of aromatic nitrogens is 2. The molecule has 2 N–H and O–H groups in total. The summed E-state index contributed by atoms with van der Waals surface area (Å²) in [4.78, 5) is 15.2. The fraction of sp³-hybridized carbons (Fsp3) is 0.120. The number of benzene rings is 3. The fourth-order valence-corrected chi connectivity index (χ4v) is 4.24. The number of ether oxygens (including phenoxy) is 1. The zero-order valence-corrected chi connectivity index (χ0v) is 18.0. The molecule has 1 amide bonds. The van der Waals surface area contributed by atoms with Crippen molar-refractivity contribution in [3.8, 4) is 22.8 Å². The third-order valence-electron chi connectivity index (χ3n) is 5.70. The molecule has 160 valence electrons. The fourth-order valence-electron chi connectivity index (χ4n) is 4.12.